The maximum Gasteiger partial charge on any atom is 0.248 e. The van der Waals surface area contributed by atoms with E-state index >= 15 is 0 Å². The lowest BCUT2D eigenvalue weighted by Crippen LogP contribution is -2.55. The van der Waals surface area contributed by atoms with Gasteiger partial charge in [0.05, 0.1) is 6.54 Å². The van der Waals surface area contributed by atoms with Crippen LogP contribution in [0.5, 0.6) is 0 Å². The van der Waals surface area contributed by atoms with Crippen molar-refractivity contribution in [1.29, 1.82) is 0 Å². The van der Waals surface area contributed by atoms with Gasteiger partial charge in [0, 0.05) is 18.6 Å². The second-order valence-corrected chi connectivity index (χ2v) is 4.49. The normalized spacial score (nSPS) is 26.4. The summed E-state index contributed by atoms with van der Waals surface area (Å²) in [5, 5.41) is 5.08. The average Bonchev–Trinajstić information content (AvgIpc) is 2.24. The predicted octanol–water partition coefficient (Wildman–Crippen LogP) is 1.06. The molecule has 0 aromatic heterocycles. The number of amides is 1. The molecule has 2 atom stereocenters. The number of nitrogens with zero attached hydrogens (tertiary/aromatic N) is 1. The van der Waals surface area contributed by atoms with Gasteiger partial charge < -0.3 is 5.32 Å². The van der Waals surface area contributed by atoms with E-state index in [-0.39, 0.29) is 5.91 Å². The first kappa shape index (κ1) is 13.2. The van der Waals surface area contributed by atoms with Gasteiger partial charge in [0.25, 0.3) is 0 Å². The van der Waals surface area contributed by atoms with Gasteiger partial charge in [-0.1, -0.05) is 12.5 Å². The topological polar surface area (TPSA) is 44.4 Å². The molecule has 0 bridgehead atoms. The standard InChI is InChI=1S/C12H23N3O/c1-4-8-13-9-12(16)14-15-10(2)6-5-7-11(15)3/h4,10-11,13H,1,5-9H2,2-3H3,(H,14,16). The molecule has 2 N–H and O–H groups in total. The molecule has 1 aliphatic rings. The van der Waals surface area contributed by atoms with Crippen LogP contribution in [-0.2, 0) is 4.79 Å². The van der Waals surface area contributed by atoms with Crippen molar-refractivity contribution in [2.24, 2.45) is 0 Å². The molecule has 16 heavy (non-hydrogen) atoms. The molecule has 0 radical (unpaired) electrons. The molecular formula is C12H23N3O. The van der Waals surface area contributed by atoms with Gasteiger partial charge in [-0.25, -0.2) is 5.01 Å². The highest BCUT2D eigenvalue weighted by Gasteiger charge is 2.25. The van der Waals surface area contributed by atoms with Gasteiger partial charge in [0.1, 0.15) is 0 Å². The van der Waals surface area contributed by atoms with Crippen molar-refractivity contribution in [3.8, 4) is 0 Å². The van der Waals surface area contributed by atoms with Crippen molar-refractivity contribution in [3.63, 3.8) is 0 Å². The maximum atomic E-state index is 11.6. The third-order valence-corrected chi connectivity index (χ3v) is 3.02. The molecule has 0 saturated carbocycles. The van der Waals surface area contributed by atoms with E-state index in [9.17, 15) is 4.79 Å². The fourth-order valence-corrected chi connectivity index (χ4v) is 2.11. The van der Waals surface area contributed by atoms with Crippen LogP contribution in [0.4, 0.5) is 0 Å². The van der Waals surface area contributed by atoms with E-state index in [1.807, 2.05) is 0 Å². The van der Waals surface area contributed by atoms with Crippen LogP contribution in [0.3, 0.4) is 0 Å². The molecule has 1 heterocycles. The Labute approximate surface area is 98.0 Å². The minimum absolute atomic E-state index is 0.0300. The molecule has 4 nitrogen and oxygen atoms in total. The zero-order valence-electron chi connectivity index (χ0n) is 10.3. The molecule has 4 heteroatoms. The summed E-state index contributed by atoms with van der Waals surface area (Å²) < 4.78 is 0. The summed E-state index contributed by atoms with van der Waals surface area (Å²) in [4.78, 5) is 11.6. The smallest absolute Gasteiger partial charge is 0.248 e. The number of hydrazine groups is 1. The minimum Gasteiger partial charge on any atom is -0.305 e. The number of carbonyl (C=O) groups excluding carboxylic acids is 1. The summed E-state index contributed by atoms with van der Waals surface area (Å²) in [6.07, 6.45) is 5.32. The summed E-state index contributed by atoms with van der Waals surface area (Å²) >= 11 is 0. The summed E-state index contributed by atoms with van der Waals surface area (Å²) in [6, 6.07) is 0.874. The van der Waals surface area contributed by atoms with Crippen LogP contribution in [0.25, 0.3) is 0 Å². The molecule has 2 unspecified atom stereocenters. The van der Waals surface area contributed by atoms with E-state index in [1.165, 1.54) is 6.42 Å². The van der Waals surface area contributed by atoms with Crippen LogP contribution in [-0.4, -0.2) is 36.1 Å². The van der Waals surface area contributed by atoms with E-state index < -0.39 is 0 Å². The third-order valence-electron chi connectivity index (χ3n) is 3.02. The zero-order chi connectivity index (χ0) is 12.0. The Hall–Kier alpha value is -0.870. The summed E-state index contributed by atoms with van der Waals surface area (Å²) in [5.41, 5.74) is 2.97. The van der Waals surface area contributed by atoms with E-state index in [0.717, 1.165) is 12.8 Å². The minimum atomic E-state index is 0.0300. The van der Waals surface area contributed by atoms with Crippen LogP contribution in [0, 0.1) is 0 Å². The SMILES string of the molecule is C=CCNCC(=O)NN1C(C)CCCC1C. The highest BCUT2D eigenvalue weighted by molar-refractivity contribution is 5.77. The van der Waals surface area contributed by atoms with E-state index in [0.29, 0.717) is 25.2 Å². The Bertz CT molecular complexity index is 232. The second-order valence-electron chi connectivity index (χ2n) is 4.49. The molecule has 0 spiro atoms. The molecular weight excluding hydrogens is 202 g/mol. The lowest BCUT2D eigenvalue weighted by atomic mass is 10.00. The number of rotatable bonds is 5. The lowest BCUT2D eigenvalue weighted by molar-refractivity contribution is -0.128. The molecule has 1 rings (SSSR count). The zero-order valence-corrected chi connectivity index (χ0v) is 10.3. The van der Waals surface area contributed by atoms with Gasteiger partial charge in [-0.2, -0.15) is 0 Å². The molecule has 1 fully saturated rings. The number of piperidine rings is 1. The van der Waals surface area contributed by atoms with Gasteiger partial charge >= 0.3 is 0 Å². The Morgan fingerprint density at radius 3 is 2.62 bits per heavy atom. The van der Waals surface area contributed by atoms with Crippen molar-refractivity contribution in [3.05, 3.63) is 12.7 Å². The first-order valence-corrected chi connectivity index (χ1v) is 6.04. The molecule has 0 aromatic rings. The highest BCUT2D eigenvalue weighted by atomic mass is 16.2. The monoisotopic (exact) mass is 225 g/mol. The Kier molecular flexibility index (Phi) is 5.49. The number of nitrogens with one attached hydrogen (secondary N) is 2. The predicted molar refractivity (Wildman–Crippen MR) is 65.8 cm³/mol. The fourth-order valence-electron chi connectivity index (χ4n) is 2.11. The van der Waals surface area contributed by atoms with Crippen molar-refractivity contribution in [2.75, 3.05) is 13.1 Å². The van der Waals surface area contributed by atoms with E-state index in [4.69, 9.17) is 0 Å². The summed E-state index contributed by atoms with van der Waals surface area (Å²) in [7, 11) is 0. The van der Waals surface area contributed by atoms with Gasteiger partial charge in [-0.15, -0.1) is 6.58 Å². The third kappa shape index (κ3) is 3.94. The summed E-state index contributed by atoms with van der Waals surface area (Å²) in [5.74, 6) is 0.0300. The number of carbonyl (C=O) groups is 1. The van der Waals surface area contributed by atoms with Crippen LogP contribution in [0.1, 0.15) is 33.1 Å². The van der Waals surface area contributed by atoms with Gasteiger partial charge in [-0.05, 0) is 26.7 Å². The van der Waals surface area contributed by atoms with Crippen molar-refractivity contribution in [1.82, 2.24) is 15.8 Å². The van der Waals surface area contributed by atoms with Crippen molar-refractivity contribution < 1.29 is 4.79 Å². The Morgan fingerprint density at radius 1 is 1.44 bits per heavy atom. The van der Waals surface area contributed by atoms with Gasteiger partial charge in [-0.3, -0.25) is 10.2 Å². The number of hydrogen-bond acceptors (Lipinski definition) is 3. The van der Waals surface area contributed by atoms with Crippen molar-refractivity contribution >= 4 is 5.91 Å². The summed E-state index contributed by atoms with van der Waals surface area (Å²) in [6.45, 7) is 8.93. The quantitative estimate of drug-likeness (QED) is 0.543. The first-order valence-electron chi connectivity index (χ1n) is 6.04. The molecule has 1 amide bonds. The Morgan fingerprint density at radius 2 is 2.06 bits per heavy atom. The fraction of sp³-hybridized carbons (Fsp3) is 0.750. The maximum absolute atomic E-state index is 11.6. The average molecular weight is 225 g/mol. The van der Waals surface area contributed by atoms with E-state index in [1.54, 1.807) is 6.08 Å². The van der Waals surface area contributed by atoms with Crippen LogP contribution in [0.15, 0.2) is 12.7 Å². The molecule has 0 aliphatic carbocycles. The molecule has 1 aliphatic heterocycles. The largest absolute Gasteiger partial charge is 0.305 e. The number of hydrogen-bond donors (Lipinski definition) is 2. The van der Waals surface area contributed by atoms with Crippen molar-refractivity contribution in [2.45, 2.75) is 45.2 Å². The van der Waals surface area contributed by atoms with Crippen LogP contribution < -0.4 is 10.7 Å². The second kappa shape index (κ2) is 6.66. The van der Waals surface area contributed by atoms with Gasteiger partial charge in [0.2, 0.25) is 5.91 Å². The highest BCUT2D eigenvalue weighted by Crippen LogP contribution is 2.19. The van der Waals surface area contributed by atoms with Crippen LogP contribution >= 0.6 is 0 Å². The first-order chi connectivity index (χ1) is 7.65. The van der Waals surface area contributed by atoms with Crippen LogP contribution in [0.2, 0.25) is 0 Å². The van der Waals surface area contributed by atoms with Gasteiger partial charge in [0.15, 0.2) is 0 Å². The molecule has 1 saturated heterocycles. The van der Waals surface area contributed by atoms with E-state index in [2.05, 4.69) is 36.2 Å². The molecule has 0 aromatic carbocycles. The lowest BCUT2D eigenvalue weighted by Gasteiger charge is -2.38. The Balaban J connectivity index is 2.33. The molecule has 92 valence electrons.